The van der Waals surface area contributed by atoms with E-state index in [0.29, 0.717) is 5.15 Å². The first-order valence-electron chi connectivity index (χ1n) is 5.41. The van der Waals surface area contributed by atoms with Gasteiger partial charge < -0.3 is 4.90 Å². The summed E-state index contributed by atoms with van der Waals surface area (Å²) >= 11 is 5.81. The van der Waals surface area contributed by atoms with Crippen LogP contribution in [0.1, 0.15) is 19.8 Å². The maximum Gasteiger partial charge on any atom is 0.134 e. The van der Waals surface area contributed by atoms with Gasteiger partial charge in [0.15, 0.2) is 0 Å². The fourth-order valence-electron chi connectivity index (χ4n) is 1.91. The first-order valence-corrected chi connectivity index (χ1v) is 5.79. The summed E-state index contributed by atoms with van der Waals surface area (Å²) in [6, 6.07) is 1.75. The zero-order valence-corrected chi connectivity index (χ0v) is 10.0. The van der Waals surface area contributed by atoms with Crippen molar-refractivity contribution in [3.05, 3.63) is 17.5 Å². The summed E-state index contributed by atoms with van der Waals surface area (Å²) in [5, 5.41) is 0.448. The third-order valence-corrected chi connectivity index (χ3v) is 3.44. The first kappa shape index (κ1) is 11.6. The standard InChI is InChI=1S/C11H15ClFN3/c1-11(7-13)2-4-16(5-3-11)10-6-9(12)14-8-15-10/h6,8H,2-5,7H2,1H3. The summed E-state index contributed by atoms with van der Waals surface area (Å²) in [5.41, 5.74) is -0.159. The van der Waals surface area contributed by atoms with E-state index in [1.165, 1.54) is 6.33 Å². The van der Waals surface area contributed by atoms with E-state index >= 15 is 0 Å². The number of hydrogen-bond donors (Lipinski definition) is 0. The van der Waals surface area contributed by atoms with Gasteiger partial charge >= 0.3 is 0 Å². The maximum atomic E-state index is 12.8. The van der Waals surface area contributed by atoms with Gasteiger partial charge in [0.05, 0.1) is 6.67 Å². The second-order valence-corrected chi connectivity index (χ2v) is 5.02. The summed E-state index contributed by atoms with van der Waals surface area (Å²) < 4.78 is 12.8. The van der Waals surface area contributed by atoms with Crippen LogP contribution in [-0.4, -0.2) is 29.7 Å². The zero-order chi connectivity index (χ0) is 11.6. The van der Waals surface area contributed by atoms with Crippen LogP contribution in [-0.2, 0) is 0 Å². The Morgan fingerprint density at radius 1 is 1.44 bits per heavy atom. The van der Waals surface area contributed by atoms with Crippen LogP contribution in [0.15, 0.2) is 12.4 Å². The molecule has 2 rings (SSSR count). The highest BCUT2D eigenvalue weighted by Crippen LogP contribution is 2.32. The van der Waals surface area contributed by atoms with Gasteiger partial charge in [-0.1, -0.05) is 18.5 Å². The Morgan fingerprint density at radius 3 is 2.69 bits per heavy atom. The Kier molecular flexibility index (Phi) is 3.28. The smallest absolute Gasteiger partial charge is 0.134 e. The second kappa shape index (κ2) is 4.53. The van der Waals surface area contributed by atoms with Gasteiger partial charge in [-0.2, -0.15) is 0 Å². The normalized spacial score (nSPS) is 19.8. The molecule has 0 spiro atoms. The number of alkyl halides is 1. The Bertz CT molecular complexity index is 364. The van der Waals surface area contributed by atoms with Crippen LogP contribution < -0.4 is 4.90 Å². The van der Waals surface area contributed by atoms with E-state index in [1.54, 1.807) is 6.07 Å². The second-order valence-electron chi connectivity index (χ2n) is 4.63. The summed E-state index contributed by atoms with van der Waals surface area (Å²) in [4.78, 5) is 10.2. The van der Waals surface area contributed by atoms with E-state index in [4.69, 9.17) is 11.6 Å². The van der Waals surface area contributed by atoms with Gasteiger partial charge in [0, 0.05) is 19.2 Å². The molecule has 0 aliphatic carbocycles. The quantitative estimate of drug-likeness (QED) is 0.748. The van der Waals surface area contributed by atoms with Crippen molar-refractivity contribution in [2.45, 2.75) is 19.8 Å². The molecule has 1 aromatic rings. The molecule has 1 saturated heterocycles. The Morgan fingerprint density at radius 2 is 2.12 bits per heavy atom. The Labute approximate surface area is 99.6 Å². The predicted octanol–water partition coefficient (Wildman–Crippen LogP) is 2.71. The van der Waals surface area contributed by atoms with Gasteiger partial charge in [-0.3, -0.25) is 4.39 Å². The lowest BCUT2D eigenvalue weighted by Crippen LogP contribution is -2.40. The highest BCUT2D eigenvalue weighted by molar-refractivity contribution is 6.29. The van der Waals surface area contributed by atoms with Crippen LogP contribution in [0.25, 0.3) is 0 Å². The zero-order valence-electron chi connectivity index (χ0n) is 9.29. The SMILES string of the molecule is CC1(CF)CCN(c2cc(Cl)ncn2)CC1. The molecule has 88 valence electrons. The van der Waals surface area contributed by atoms with Crippen LogP contribution >= 0.6 is 11.6 Å². The van der Waals surface area contributed by atoms with Crippen LogP contribution in [0.3, 0.4) is 0 Å². The van der Waals surface area contributed by atoms with Crippen LogP contribution in [0.5, 0.6) is 0 Å². The van der Waals surface area contributed by atoms with Crippen LogP contribution in [0.2, 0.25) is 5.15 Å². The average molecular weight is 244 g/mol. The van der Waals surface area contributed by atoms with Crippen molar-refractivity contribution in [1.82, 2.24) is 9.97 Å². The molecular weight excluding hydrogens is 229 g/mol. The summed E-state index contributed by atoms with van der Waals surface area (Å²) in [6.45, 7) is 3.41. The minimum atomic E-state index is -0.245. The van der Waals surface area contributed by atoms with E-state index in [9.17, 15) is 4.39 Å². The van der Waals surface area contributed by atoms with Crippen molar-refractivity contribution in [3.63, 3.8) is 0 Å². The summed E-state index contributed by atoms with van der Waals surface area (Å²) in [5.74, 6) is 0.834. The van der Waals surface area contributed by atoms with E-state index in [0.717, 1.165) is 31.7 Å². The van der Waals surface area contributed by atoms with Gasteiger partial charge in [0.1, 0.15) is 17.3 Å². The molecule has 16 heavy (non-hydrogen) atoms. The highest BCUT2D eigenvalue weighted by Gasteiger charge is 2.30. The van der Waals surface area contributed by atoms with Crippen molar-refractivity contribution >= 4 is 17.4 Å². The number of anilines is 1. The number of halogens is 2. The molecule has 0 saturated carbocycles. The molecule has 5 heteroatoms. The Balaban J connectivity index is 2.04. The molecule has 1 aromatic heterocycles. The van der Waals surface area contributed by atoms with Crippen molar-refractivity contribution in [1.29, 1.82) is 0 Å². The van der Waals surface area contributed by atoms with Gasteiger partial charge in [0.25, 0.3) is 0 Å². The molecule has 0 atom stereocenters. The maximum absolute atomic E-state index is 12.8. The first-order chi connectivity index (χ1) is 7.63. The largest absolute Gasteiger partial charge is 0.356 e. The minimum absolute atomic E-state index is 0.159. The predicted molar refractivity (Wildman–Crippen MR) is 62.6 cm³/mol. The summed E-state index contributed by atoms with van der Waals surface area (Å²) in [6.07, 6.45) is 3.16. The van der Waals surface area contributed by atoms with Crippen LogP contribution in [0, 0.1) is 5.41 Å². The van der Waals surface area contributed by atoms with Gasteiger partial charge in [-0.15, -0.1) is 0 Å². The number of rotatable bonds is 2. The van der Waals surface area contributed by atoms with E-state index in [-0.39, 0.29) is 12.1 Å². The van der Waals surface area contributed by atoms with Gasteiger partial charge in [0.2, 0.25) is 0 Å². The molecule has 2 heterocycles. The highest BCUT2D eigenvalue weighted by atomic mass is 35.5. The molecule has 0 aromatic carbocycles. The number of aromatic nitrogens is 2. The van der Waals surface area contributed by atoms with Crippen molar-refractivity contribution < 1.29 is 4.39 Å². The Hall–Kier alpha value is -0.900. The molecule has 1 aliphatic rings. The monoisotopic (exact) mass is 243 g/mol. The lowest BCUT2D eigenvalue weighted by Gasteiger charge is -2.38. The summed E-state index contributed by atoms with van der Waals surface area (Å²) in [7, 11) is 0. The lowest BCUT2D eigenvalue weighted by molar-refractivity contribution is 0.183. The molecule has 0 bridgehead atoms. The van der Waals surface area contributed by atoms with Gasteiger partial charge in [-0.25, -0.2) is 9.97 Å². The van der Waals surface area contributed by atoms with Gasteiger partial charge in [-0.05, 0) is 18.3 Å². The molecule has 1 fully saturated rings. The molecule has 0 N–H and O–H groups in total. The average Bonchev–Trinajstić information content (AvgIpc) is 2.30. The van der Waals surface area contributed by atoms with Crippen molar-refractivity contribution in [2.75, 3.05) is 24.7 Å². The number of hydrogen-bond acceptors (Lipinski definition) is 3. The molecule has 1 aliphatic heterocycles. The molecule has 0 amide bonds. The fraction of sp³-hybridized carbons (Fsp3) is 0.636. The molecule has 3 nitrogen and oxygen atoms in total. The van der Waals surface area contributed by atoms with Crippen molar-refractivity contribution in [3.8, 4) is 0 Å². The molecule has 0 unspecified atom stereocenters. The van der Waals surface area contributed by atoms with Crippen LogP contribution in [0.4, 0.5) is 10.2 Å². The molecular formula is C11H15ClFN3. The minimum Gasteiger partial charge on any atom is -0.356 e. The number of piperidine rings is 1. The van der Waals surface area contributed by atoms with Crippen molar-refractivity contribution in [2.24, 2.45) is 5.41 Å². The van der Waals surface area contributed by atoms with E-state index < -0.39 is 0 Å². The molecule has 0 radical (unpaired) electrons. The number of nitrogens with zero attached hydrogens (tertiary/aromatic N) is 3. The fourth-order valence-corrected chi connectivity index (χ4v) is 2.05. The topological polar surface area (TPSA) is 29.0 Å². The van der Waals surface area contributed by atoms with E-state index in [1.807, 2.05) is 6.92 Å². The third-order valence-electron chi connectivity index (χ3n) is 3.24. The lowest BCUT2D eigenvalue weighted by atomic mass is 9.82. The third kappa shape index (κ3) is 2.43. The van der Waals surface area contributed by atoms with E-state index in [2.05, 4.69) is 14.9 Å².